The van der Waals surface area contributed by atoms with Gasteiger partial charge in [-0.3, -0.25) is 4.79 Å². The molecular weight excluding hydrogens is 368 g/mol. The van der Waals surface area contributed by atoms with Crippen molar-refractivity contribution in [2.75, 3.05) is 50.7 Å². The van der Waals surface area contributed by atoms with Crippen molar-refractivity contribution in [3.63, 3.8) is 0 Å². The largest absolute Gasteiger partial charge is 0.493 e. The number of nitrogens with zero attached hydrogens (tertiary/aromatic N) is 1. The Bertz CT molecular complexity index is 789. The summed E-state index contributed by atoms with van der Waals surface area (Å²) in [5, 5.41) is 3.65. The summed E-state index contributed by atoms with van der Waals surface area (Å²) in [4.78, 5) is 14.8. The topological polar surface area (TPSA) is 60.0 Å². The number of rotatable bonds is 6. The van der Waals surface area contributed by atoms with Crippen LogP contribution in [0.5, 0.6) is 11.5 Å². The van der Waals surface area contributed by atoms with E-state index in [1.54, 1.807) is 32.4 Å². The van der Waals surface area contributed by atoms with Crippen LogP contribution >= 0.6 is 11.6 Å². The molecule has 6 nitrogen and oxygen atoms in total. The van der Waals surface area contributed by atoms with E-state index in [0.717, 1.165) is 24.3 Å². The van der Waals surface area contributed by atoms with E-state index in [1.165, 1.54) is 0 Å². The van der Waals surface area contributed by atoms with Crippen LogP contribution in [0.1, 0.15) is 5.56 Å². The number of methoxy groups -OCH3 is 2. The minimum Gasteiger partial charge on any atom is -0.493 e. The van der Waals surface area contributed by atoms with Gasteiger partial charge < -0.3 is 24.4 Å². The molecule has 1 fully saturated rings. The van der Waals surface area contributed by atoms with Crippen molar-refractivity contribution >= 4 is 28.9 Å². The first-order valence-corrected chi connectivity index (χ1v) is 9.11. The van der Waals surface area contributed by atoms with Gasteiger partial charge in [0.05, 0.1) is 45.2 Å². The molecule has 2 aromatic carbocycles. The normalized spacial score (nSPS) is 14.0. The molecule has 27 heavy (non-hydrogen) atoms. The van der Waals surface area contributed by atoms with Crippen LogP contribution in [-0.4, -0.2) is 46.4 Å². The SMILES string of the molecule is COc1cc(NC(=O)Cc2ccc(Cl)cc2)c(N2CCOCC2)cc1OC. The Morgan fingerprint density at radius 2 is 1.74 bits per heavy atom. The fourth-order valence-corrected chi connectivity index (χ4v) is 3.14. The van der Waals surface area contributed by atoms with Gasteiger partial charge in [0.2, 0.25) is 5.91 Å². The van der Waals surface area contributed by atoms with Crippen molar-refractivity contribution in [3.8, 4) is 11.5 Å². The summed E-state index contributed by atoms with van der Waals surface area (Å²) in [6.45, 7) is 2.78. The Hall–Kier alpha value is -2.44. The van der Waals surface area contributed by atoms with Crippen molar-refractivity contribution in [3.05, 3.63) is 47.0 Å². The zero-order chi connectivity index (χ0) is 19.2. The number of nitrogens with one attached hydrogen (secondary N) is 1. The maximum Gasteiger partial charge on any atom is 0.228 e. The number of morpholine rings is 1. The van der Waals surface area contributed by atoms with Crippen LogP contribution in [0, 0.1) is 0 Å². The zero-order valence-electron chi connectivity index (χ0n) is 15.5. The molecule has 0 spiro atoms. The molecule has 0 saturated carbocycles. The van der Waals surface area contributed by atoms with Crippen LogP contribution in [0.15, 0.2) is 36.4 Å². The van der Waals surface area contributed by atoms with Crippen LogP contribution in [0.2, 0.25) is 5.02 Å². The molecule has 0 unspecified atom stereocenters. The smallest absolute Gasteiger partial charge is 0.228 e. The molecule has 0 aromatic heterocycles. The summed E-state index contributed by atoms with van der Waals surface area (Å²) >= 11 is 5.90. The third-order valence-corrected chi connectivity index (χ3v) is 4.66. The van der Waals surface area contributed by atoms with E-state index in [2.05, 4.69) is 10.2 Å². The summed E-state index contributed by atoms with van der Waals surface area (Å²) in [6, 6.07) is 10.9. The fourth-order valence-electron chi connectivity index (χ4n) is 3.02. The van der Waals surface area contributed by atoms with Gasteiger partial charge in [-0.1, -0.05) is 23.7 Å². The standard InChI is InChI=1S/C20H23ClN2O4/c1-25-18-12-16(22-20(24)11-14-3-5-15(21)6-4-14)17(13-19(18)26-2)23-7-9-27-10-8-23/h3-6,12-13H,7-11H2,1-2H3,(H,22,24). The summed E-state index contributed by atoms with van der Waals surface area (Å²) in [5.74, 6) is 1.07. The van der Waals surface area contributed by atoms with Gasteiger partial charge in [0.25, 0.3) is 0 Å². The Morgan fingerprint density at radius 3 is 2.37 bits per heavy atom. The van der Waals surface area contributed by atoms with E-state index in [1.807, 2.05) is 18.2 Å². The lowest BCUT2D eigenvalue weighted by atomic mass is 10.1. The fraction of sp³-hybridized carbons (Fsp3) is 0.350. The molecule has 1 saturated heterocycles. The average molecular weight is 391 g/mol. The van der Waals surface area contributed by atoms with Gasteiger partial charge in [0.15, 0.2) is 11.5 Å². The van der Waals surface area contributed by atoms with Gasteiger partial charge in [0.1, 0.15) is 0 Å². The molecule has 0 aliphatic carbocycles. The Labute approximate surface area is 164 Å². The van der Waals surface area contributed by atoms with Crippen molar-refractivity contribution < 1.29 is 19.0 Å². The van der Waals surface area contributed by atoms with Gasteiger partial charge in [-0.25, -0.2) is 0 Å². The van der Waals surface area contributed by atoms with Crippen molar-refractivity contribution in [1.82, 2.24) is 0 Å². The molecule has 3 rings (SSSR count). The van der Waals surface area contributed by atoms with Crippen LogP contribution < -0.4 is 19.7 Å². The minimum absolute atomic E-state index is 0.112. The maximum atomic E-state index is 12.6. The lowest BCUT2D eigenvalue weighted by Crippen LogP contribution is -2.36. The summed E-state index contributed by atoms with van der Waals surface area (Å²) in [5.41, 5.74) is 2.47. The van der Waals surface area contributed by atoms with E-state index in [-0.39, 0.29) is 12.3 Å². The minimum atomic E-state index is -0.112. The predicted molar refractivity (Wildman–Crippen MR) is 106 cm³/mol. The third kappa shape index (κ3) is 4.84. The lowest BCUT2D eigenvalue weighted by Gasteiger charge is -2.31. The summed E-state index contributed by atoms with van der Waals surface area (Å²) in [6.07, 6.45) is 0.258. The lowest BCUT2D eigenvalue weighted by molar-refractivity contribution is -0.115. The van der Waals surface area contributed by atoms with Crippen molar-refractivity contribution in [2.24, 2.45) is 0 Å². The maximum absolute atomic E-state index is 12.6. The van der Waals surface area contributed by atoms with Crippen LogP contribution in [-0.2, 0) is 16.0 Å². The number of halogens is 1. The van der Waals surface area contributed by atoms with Gasteiger partial charge in [0, 0.05) is 30.2 Å². The Morgan fingerprint density at radius 1 is 1.11 bits per heavy atom. The van der Waals surface area contributed by atoms with E-state index < -0.39 is 0 Å². The molecular formula is C20H23ClN2O4. The molecule has 1 aliphatic rings. The number of carbonyl (C=O) groups excluding carboxylic acids is 1. The highest BCUT2D eigenvalue weighted by molar-refractivity contribution is 6.30. The van der Waals surface area contributed by atoms with E-state index >= 15 is 0 Å². The number of benzene rings is 2. The summed E-state index contributed by atoms with van der Waals surface area (Å²) < 4.78 is 16.3. The van der Waals surface area contributed by atoms with Crippen molar-refractivity contribution in [2.45, 2.75) is 6.42 Å². The zero-order valence-corrected chi connectivity index (χ0v) is 16.2. The van der Waals surface area contributed by atoms with Crippen LogP contribution in [0.3, 0.4) is 0 Å². The molecule has 0 radical (unpaired) electrons. The predicted octanol–water partition coefficient (Wildman–Crippen LogP) is 3.38. The average Bonchev–Trinajstić information content (AvgIpc) is 2.70. The highest BCUT2D eigenvalue weighted by atomic mass is 35.5. The van der Waals surface area contributed by atoms with Crippen LogP contribution in [0.4, 0.5) is 11.4 Å². The quantitative estimate of drug-likeness (QED) is 0.819. The molecule has 0 bridgehead atoms. The first-order chi connectivity index (χ1) is 13.1. The van der Waals surface area contributed by atoms with Gasteiger partial charge >= 0.3 is 0 Å². The second-order valence-electron chi connectivity index (χ2n) is 6.18. The molecule has 1 amide bonds. The van der Waals surface area contributed by atoms with E-state index in [4.69, 9.17) is 25.8 Å². The molecule has 144 valence electrons. The molecule has 1 aliphatic heterocycles. The Balaban J connectivity index is 1.84. The molecule has 2 aromatic rings. The van der Waals surface area contributed by atoms with E-state index in [9.17, 15) is 4.79 Å². The first-order valence-electron chi connectivity index (χ1n) is 8.73. The van der Waals surface area contributed by atoms with Crippen molar-refractivity contribution in [1.29, 1.82) is 0 Å². The second-order valence-corrected chi connectivity index (χ2v) is 6.61. The van der Waals surface area contributed by atoms with Gasteiger partial charge in [-0.05, 0) is 17.7 Å². The number of amides is 1. The first kappa shape index (κ1) is 19.3. The molecule has 1 N–H and O–H groups in total. The third-order valence-electron chi connectivity index (χ3n) is 4.41. The van der Waals surface area contributed by atoms with Gasteiger partial charge in [-0.2, -0.15) is 0 Å². The van der Waals surface area contributed by atoms with E-state index in [0.29, 0.717) is 35.4 Å². The number of carbonyl (C=O) groups is 1. The second kappa shape index (κ2) is 8.97. The Kier molecular flexibility index (Phi) is 6.42. The molecule has 0 atom stereocenters. The summed E-state index contributed by atoms with van der Waals surface area (Å²) in [7, 11) is 3.17. The highest BCUT2D eigenvalue weighted by Crippen LogP contribution is 2.38. The molecule has 1 heterocycles. The number of hydrogen-bond acceptors (Lipinski definition) is 5. The highest BCUT2D eigenvalue weighted by Gasteiger charge is 2.20. The molecule has 7 heteroatoms. The number of anilines is 2. The van der Waals surface area contributed by atoms with Crippen LogP contribution in [0.25, 0.3) is 0 Å². The number of hydrogen-bond donors (Lipinski definition) is 1. The monoisotopic (exact) mass is 390 g/mol. The van der Waals surface area contributed by atoms with Gasteiger partial charge in [-0.15, -0.1) is 0 Å². The number of ether oxygens (including phenoxy) is 3.